The Labute approximate surface area is 95.3 Å². The van der Waals surface area contributed by atoms with Gasteiger partial charge >= 0.3 is 0 Å². The molecule has 0 amide bonds. The minimum Gasteiger partial charge on any atom is -0.299 e. The Morgan fingerprint density at radius 3 is 2.50 bits per heavy atom. The molecule has 1 aliphatic heterocycles. The van der Waals surface area contributed by atoms with E-state index in [-0.39, 0.29) is 29.2 Å². The molecule has 3 heteroatoms. The quantitative estimate of drug-likeness (QED) is 0.621. The second-order valence-corrected chi connectivity index (χ2v) is 4.99. The lowest BCUT2D eigenvalue weighted by Gasteiger charge is -2.33. The van der Waals surface area contributed by atoms with E-state index in [4.69, 9.17) is 0 Å². The van der Waals surface area contributed by atoms with Gasteiger partial charge in [0.05, 0.1) is 12.1 Å². The van der Waals surface area contributed by atoms with Crippen molar-refractivity contribution in [1.82, 2.24) is 0 Å². The molecule has 16 heavy (non-hydrogen) atoms. The molecule has 1 saturated carbocycles. The molecule has 0 aromatic rings. The zero-order valence-electron chi connectivity index (χ0n) is 9.47. The van der Waals surface area contributed by atoms with Gasteiger partial charge < -0.3 is 0 Å². The Kier molecular flexibility index (Phi) is 2.09. The van der Waals surface area contributed by atoms with Crippen LogP contribution in [0.5, 0.6) is 0 Å². The molecular weight excluding hydrogens is 200 g/mol. The van der Waals surface area contributed by atoms with Gasteiger partial charge in [0, 0.05) is 11.3 Å². The molecule has 3 aliphatic rings. The lowest BCUT2D eigenvalue weighted by atomic mass is 9.68. The van der Waals surface area contributed by atoms with Crippen LogP contribution >= 0.6 is 0 Å². The molecule has 0 aromatic carbocycles. The zero-order chi connectivity index (χ0) is 11.2. The molecule has 3 atom stereocenters. The van der Waals surface area contributed by atoms with Crippen LogP contribution in [0.15, 0.2) is 34.5 Å². The number of carbonyl (C=O) groups is 1. The monoisotopic (exact) mass is 216 g/mol. The highest BCUT2D eigenvalue weighted by Crippen LogP contribution is 2.54. The Hall–Kier alpha value is -1.25. The highest BCUT2D eigenvalue weighted by atomic mass is 16.1. The van der Waals surface area contributed by atoms with Crippen molar-refractivity contribution in [3.63, 3.8) is 0 Å². The number of azo groups is 1. The number of Topliss-reactive ketones (excluding diaryl/α,β-unsaturated/α-hetero) is 1. The van der Waals surface area contributed by atoms with Crippen LogP contribution in [-0.2, 0) is 4.79 Å². The maximum Gasteiger partial charge on any atom is 0.137 e. The van der Waals surface area contributed by atoms with E-state index in [9.17, 15) is 4.79 Å². The third-order valence-electron chi connectivity index (χ3n) is 4.20. The Balaban J connectivity index is 2.09. The second-order valence-electron chi connectivity index (χ2n) is 4.99. The zero-order valence-corrected chi connectivity index (χ0v) is 9.47. The maximum atomic E-state index is 11.9. The number of ketones is 1. The number of hydrogen-bond donors (Lipinski definition) is 0. The normalized spacial score (nSPS) is 44.2. The van der Waals surface area contributed by atoms with Crippen LogP contribution in [0.25, 0.3) is 0 Å². The molecule has 0 aromatic heterocycles. The van der Waals surface area contributed by atoms with Crippen molar-refractivity contribution in [2.75, 3.05) is 0 Å². The van der Waals surface area contributed by atoms with E-state index in [0.717, 1.165) is 19.3 Å². The lowest BCUT2D eigenvalue weighted by Crippen LogP contribution is -2.41. The van der Waals surface area contributed by atoms with Crippen LogP contribution in [0.1, 0.15) is 26.2 Å². The summed E-state index contributed by atoms with van der Waals surface area (Å²) in [6.45, 7) is 1.69. The van der Waals surface area contributed by atoms with Gasteiger partial charge in [-0.2, -0.15) is 10.2 Å². The minimum atomic E-state index is -0.126. The van der Waals surface area contributed by atoms with Gasteiger partial charge in [-0.3, -0.25) is 4.79 Å². The van der Waals surface area contributed by atoms with Gasteiger partial charge in [0.25, 0.3) is 0 Å². The smallest absolute Gasteiger partial charge is 0.137 e. The van der Waals surface area contributed by atoms with Gasteiger partial charge in [-0.1, -0.05) is 24.3 Å². The first-order valence-electron chi connectivity index (χ1n) is 6.00. The first-order chi connectivity index (χ1) is 7.75. The molecule has 1 heterocycles. The molecular formula is C13H16N2O. The summed E-state index contributed by atoms with van der Waals surface area (Å²) in [6.07, 6.45) is 11.6. The molecule has 0 saturated heterocycles. The predicted molar refractivity (Wildman–Crippen MR) is 61.2 cm³/mol. The van der Waals surface area contributed by atoms with Crippen LogP contribution in [0.3, 0.4) is 0 Å². The van der Waals surface area contributed by atoms with E-state index < -0.39 is 0 Å². The second kappa shape index (κ2) is 3.37. The van der Waals surface area contributed by atoms with Crippen molar-refractivity contribution < 1.29 is 4.79 Å². The third-order valence-corrected chi connectivity index (χ3v) is 4.20. The van der Waals surface area contributed by atoms with Gasteiger partial charge in [0.15, 0.2) is 0 Å². The standard InChI is InChI=1S/C13H16N2O/c1-9(16)10-5-3-2-4-8-13(10)11-6-7-12(13)15-14-11/h3-5,8,10-12H,2,6-7H2,1H3. The fourth-order valence-electron chi connectivity index (χ4n) is 3.47. The summed E-state index contributed by atoms with van der Waals surface area (Å²) in [4.78, 5) is 11.9. The average Bonchev–Trinajstić information content (AvgIpc) is 2.68. The molecule has 3 rings (SSSR count). The van der Waals surface area contributed by atoms with Crippen LogP contribution in [0.2, 0.25) is 0 Å². The first kappa shape index (κ1) is 9.94. The SMILES string of the molecule is CC(=O)C1C=CCC=CC12C1CCC2N=N1. The molecule has 1 spiro atoms. The number of allylic oxidation sites excluding steroid dienone is 3. The van der Waals surface area contributed by atoms with Crippen LogP contribution < -0.4 is 0 Å². The highest BCUT2D eigenvalue weighted by Gasteiger charge is 2.58. The van der Waals surface area contributed by atoms with E-state index in [1.54, 1.807) is 6.92 Å². The van der Waals surface area contributed by atoms with Gasteiger partial charge in [-0.25, -0.2) is 0 Å². The van der Waals surface area contributed by atoms with E-state index >= 15 is 0 Å². The van der Waals surface area contributed by atoms with Crippen molar-refractivity contribution in [3.05, 3.63) is 24.3 Å². The fourth-order valence-corrected chi connectivity index (χ4v) is 3.47. The molecule has 2 aliphatic carbocycles. The van der Waals surface area contributed by atoms with Crippen molar-refractivity contribution in [1.29, 1.82) is 0 Å². The van der Waals surface area contributed by atoms with E-state index in [1.807, 2.05) is 0 Å². The summed E-state index contributed by atoms with van der Waals surface area (Å²) < 4.78 is 0. The summed E-state index contributed by atoms with van der Waals surface area (Å²) in [6, 6.07) is 0.454. The van der Waals surface area contributed by atoms with Crippen molar-refractivity contribution >= 4 is 5.78 Å². The summed E-state index contributed by atoms with van der Waals surface area (Å²) >= 11 is 0. The topological polar surface area (TPSA) is 41.8 Å². The van der Waals surface area contributed by atoms with Crippen molar-refractivity contribution in [2.24, 2.45) is 21.6 Å². The predicted octanol–water partition coefficient (Wildman–Crippen LogP) is 2.69. The number of carbonyl (C=O) groups excluding carboxylic acids is 1. The molecule has 3 nitrogen and oxygen atoms in total. The summed E-state index contributed by atoms with van der Waals surface area (Å²) in [5.41, 5.74) is -0.126. The Bertz CT molecular complexity index is 394. The van der Waals surface area contributed by atoms with E-state index in [2.05, 4.69) is 34.5 Å². The number of nitrogens with zero attached hydrogens (tertiary/aromatic N) is 2. The van der Waals surface area contributed by atoms with Gasteiger partial charge in [-0.05, 0) is 26.2 Å². The van der Waals surface area contributed by atoms with Crippen molar-refractivity contribution in [2.45, 2.75) is 38.3 Å². The summed E-state index contributed by atoms with van der Waals surface area (Å²) in [5.74, 6) is 0.214. The van der Waals surface area contributed by atoms with E-state index in [0.29, 0.717) is 0 Å². The first-order valence-corrected chi connectivity index (χ1v) is 6.00. The van der Waals surface area contributed by atoms with Gasteiger partial charge in [0.1, 0.15) is 5.78 Å². The number of hydrogen-bond acceptors (Lipinski definition) is 3. The highest BCUT2D eigenvalue weighted by molar-refractivity contribution is 5.82. The Morgan fingerprint density at radius 1 is 1.25 bits per heavy atom. The Morgan fingerprint density at radius 2 is 1.94 bits per heavy atom. The number of rotatable bonds is 1. The fraction of sp³-hybridized carbons (Fsp3) is 0.615. The molecule has 84 valence electrons. The van der Waals surface area contributed by atoms with Crippen LogP contribution in [-0.4, -0.2) is 17.9 Å². The van der Waals surface area contributed by atoms with E-state index in [1.165, 1.54) is 0 Å². The average molecular weight is 216 g/mol. The molecule has 2 bridgehead atoms. The summed E-state index contributed by atoms with van der Waals surface area (Å²) in [5, 5.41) is 8.69. The molecule has 0 radical (unpaired) electrons. The molecule has 0 N–H and O–H groups in total. The maximum absolute atomic E-state index is 11.9. The van der Waals surface area contributed by atoms with Crippen LogP contribution in [0, 0.1) is 11.3 Å². The van der Waals surface area contributed by atoms with Crippen LogP contribution in [0.4, 0.5) is 0 Å². The van der Waals surface area contributed by atoms with Crippen molar-refractivity contribution in [3.8, 4) is 0 Å². The minimum absolute atomic E-state index is 0.0289. The van der Waals surface area contributed by atoms with Gasteiger partial charge in [0.2, 0.25) is 0 Å². The summed E-state index contributed by atoms with van der Waals surface area (Å²) in [7, 11) is 0. The molecule has 3 unspecified atom stereocenters. The lowest BCUT2D eigenvalue weighted by molar-refractivity contribution is -0.122. The largest absolute Gasteiger partial charge is 0.299 e. The van der Waals surface area contributed by atoms with Gasteiger partial charge in [-0.15, -0.1) is 0 Å². The molecule has 1 fully saturated rings. The third kappa shape index (κ3) is 1.11.